The van der Waals surface area contributed by atoms with Crippen molar-refractivity contribution in [1.82, 2.24) is 0 Å². The lowest BCUT2D eigenvalue weighted by atomic mass is 9.78. The first-order valence-corrected chi connectivity index (χ1v) is 12.4. The van der Waals surface area contributed by atoms with Crippen molar-refractivity contribution in [2.75, 3.05) is 28.4 Å². The maximum atomic E-state index is 13.2. The molecule has 196 valence electrons. The van der Waals surface area contributed by atoms with Crippen molar-refractivity contribution in [2.24, 2.45) is 0 Å². The van der Waals surface area contributed by atoms with Gasteiger partial charge in [0.25, 0.3) is 0 Å². The van der Waals surface area contributed by atoms with Crippen LogP contribution in [0.5, 0.6) is 0 Å². The summed E-state index contributed by atoms with van der Waals surface area (Å²) in [5.74, 6) is -2.69. The average Bonchev–Trinajstić information content (AvgIpc) is 3.00. The van der Waals surface area contributed by atoms with Crippen LogP contribution in [0.4, 0.5) is 0 Å². The van der Waals surface area contributed by atoms with Gasteiger partial charge in [0.1, 0.15) is 0 Å². The van der Waals surface area contributed by atoms with E-state index in [1.54, 1.807) is 24.3 Å². The van der Waals surface area contributed by atoms with E-state index in [0.29, 0.717) is 21.5 Å². The van der Waals surface area contributed by atoms with Crippen LogP contribution >= 0.6 is 0 Å². The summed E-state index contributed by atoms with van der Waals surface area (Å²) in [6.45, 7) is 0. The van der Waals surface area contributed by atoms with E-state index < -0.39 is 23.9 Å². The highest BCUT2D eigenvalue weighted by Crippen LogP contribution is 2.51. The van der Waals surface area contributed by atoms with E-state index in [1.807, 2.05) is 24.3 Å². The van der Waals surface area contributed by atoms with Gasteiger partial charge in [-0.1, -0.05) is 48.5 Å². The fourth-order valence-electron chi connectivity index (χ4n) is 6.50. The number of carbonyl (C=O) groups excluding carboxylic acids is 4. The van der Waals surface area contributed by atoms with E-state index in [-0.39, 0.29) is 22.3 Å². The molecule has 0 radical (unpaired) electrons. The summed E-state index contributed by atoms with van der Waals surface area (Å²) in [5, 5.41) is 8.37. The standard InChI is InChI=1S/C32H20O8/c1-37-29(33)25-15-9-5-13-7-11-17-23-19(13)21(15)22-16(26(25)30(34)38-2)10-6-14-8-12-18(24(23)20(14)22)28(32(36)40-4)27(17)31(35)39-3/h5-12H,1-4H3. The minimum absolute atomic E-state index is 0.102. The second kappa shape index (κ2) is 8.13. The van der Waals surface area contributed by atoms with Gasteiger partial charge in [-0.25, -0.2) is 19.2 Å². The summed E-state index contributed by atoms with van der Waals surface area (Å²) < 4.78 is 20.6. The number of esters is 4. The summed E-state index contributed by atoms with van der Waals surface area (Å²) in [4.78, 5) is 52.9. The Bertz CT molecular complexity index is 1920. The molecule has 0 aromatic heterocycles. The molecule has 0 spiro atoms. The number of hydrogen-bond acceptors (Lipinski definition) is 8. The lowest BCUT2D eigenvalue weighted by Gasteiger charge is -2.25. The van der Waals surface area contributed by atoms with Crippen molar-refractivity contribution in [1.29, 1.82) is 0 Å². The van der Waals surface area contributed by atoms with Crippen LogP contribution in [0, 0.1) is 0 Å². The molecule has 0 aliphatic heterocycles. The zero-order valence-electron chi connectivity index (χ0n) is 21.9. The van der Waals surface area contributed by atoms with Crippen molar-refractivity contribution in [2.45, 2.75) is 0 Å². The summed E-state index contributed by atoms with van der Waals surface area (Å²) in [5.41, 5.74) is 0.408. The van der Waals surface area contributed by atoms with E-state index in [9.17, 15) is 19.2 Å². The highest BCUT2D eigenvalue weighted by molar-refractivity contribution is 6.48. The molecule has 0 unspecified atom stereocenters. The summed E-state index contributed by atoms with van der Waals surface area (Å²) in [6.07, 6.45) is 0. The predicted octanol–water partition coefficient (Wildman–Crippen LogP) is 6.07. The zero-order chi connectivity index (χ0) is 28.0. The normalized spacial score (nSPS) is 11.9. The smallest absolute Gasteiger partial charge is 0.339 e. The van der Waals surface area contributed by atoms with Crippen LogP contribution < -0.4 is 0 Å². The number of ether oxygens (including phenoxy) is 4. The number of methoxy groups -OCH3 is 4. The molecule has 0 saturated heterocycles. The number of benzene rings is 7. The Hall–Kier alpha value is -5.24. The Morgan fingerprint density at radius 1 is 0.375 bits per heavy atom. The molecule has 0 aliphatic carbocycles. The third-order valence-electron chi connectivity index (χ3n) is 8.01. The minimum atomic E-state index is -0.672. The second-order valence-electron chi connectivity index (χ2n) is 9.62. The second-order valence-corrected chi connectivity index (χ2v) is 9.62. The molecule has 7 rings (SSSR count). The van der Waals surface area contributed by atoms with Crippen molar-refractivity contribution < 1.29 is 38.1 Å². The Labute approximate surface area is 225 Å². The zero-order valence-corrected chi connectivity index (χ0v) is 21.9. The molecule has 0 fully saturated rings. The lowest BCUT2D eigenvalue weighted by Crippen LogP contribution is -2.15. The third-order valence-corrected chi connectivity index (χ3v) is 8.01. The van der Waals surface area contributed by atoms with Crippen LogP contribution in [0.3, 0.4) is 0 Å². The van der Waals surface area contributed by atoms with E-state index in [0.717, 1.165) is 43.1 Å². The Balaban J connectivity index is 1.91. The third kappa shape index (κ3) is 2.69. The molecule has 7 aromatic rings. The summed E-state index contributed by atoms with van der Waals surface area (Å²) >= 11 is 0. The number of hydrogen-bond donors (Lipinski definition) is 0. The number of rotatable bonds is 4. The van der Waals surface area contributed by atoms with Crippen LogP contribution in [0.2, 0.25) is 0 Å². The quantitative estimate of drug-likeness (QED) is 0.117. The number of carbonyl (C=O) groups is 4. The van der Waals surface area contributed by atoms with E-state index >= 15 is 0 Å². The highest BCUT2D eigenvalue weighted by Gasteiger charge is 2.33. The fraction of sp³-hybridized carbons (Fsp3) is 0.125. The Morgan fingerprint density at radius 3 is 0.800 bits per heavy atom. The van der Waals surface area contributed by atoms with Crippen LogP contribution in [-0.4, -0.2) is 52.3 Å². The average molecular weight is 533 g/mol. The fourth-order valence-corrected chi connectivity index (χ4v) is 6.50. The van der Waals surface area contributed by atoms with Gasteiger partial charge in [0.15, 0.2) is 0 Å². The van der Waals surface area contributed by atoms with Crippen LogP contribution in [-0.2, 0) is 18.9 Å². The van der Waals surface area contributed by atoms with Crippen molar-refractivity contribution in [3.63, 3.8) is 0 Å². The highest BCUT2D eigenvalue weighted by atomic mass is 16.5. The molecule has 0 atom stereocenters. The van der Waals surface area contributed by atoms with E-state index in [1.165, 1.54) is 28.4 Å². The lowest BCUT2D eigenvalue weighted by molar-refractivity contribution is 0.0559. The molecule has 40 heavy (non-hydrogen) atoms. The first-order chi connectivity index (χ1) is 19.4. The van der Waals surface area contributed by atoms with Crippen molar-refractivity contribution in [3.8, 4) is 0 Å². The van der Waals surface area contributed by atoms with Crippen LogP contribution in [0.25, 0.3) is 64.6 Å². The summed E-state index contributed by atoms with van der Waals surface area (Å²) in [6, 6.07) is 14.7. The van der Waals surface area contributed by atoms with Gasteiger partial charge >= 0.3 is 23.9 Å². The molecule has 0 aliphatic rings. The topological polar surface area (TPSA) is 105 Å². The van der Waals surface area contributed by atoms with E-state index in [2.05, 4.69) is 0 Å². The Kier molecular flexibility index (Phi) is 4.85. The molecule has 7 aromatic carbocycles. The maximum Gasteiger partial charge on any atom is 0.339 e. The Morgan fingerprint density at radius 2 is 0.600 bits per heavy atom. The van der Waals surface area contributed by atoms with Crippen molar-refractivity contribution >= 4 is 88.5 Å². The predicted molar refractivity (Wildman–Crippen MR) is 150 cm³/mol. The molecule has 0 saturated carbocycles. The van der Waals surface area contributed by atoms with Crippen LogP contribution in [0.15, 0.2) is 48.5 Å². The van der Waals surface area contributed by atoms with Crippen molar-refractivity contribution in [3.05, 3.63) is 70.8 Å². The van der Waals surface area contributed by atoms with Gasteiger partial charge in [-0.05, 0) is 64.6 Å². The van der Waals surface area contributed by atoms with Gasteiger partial charge < -0.3 is 18.9 Å². The first-order valence-electron chi connectivity index (χ1n) is 12.4. The monoisotopic (exact) mass is 532 g/mol. The molecule has 8 heteroatoms. The molecule has 0 N–H and O–H groups in total. The minimum Gasteiger partial charge on any atom is -0.465 e. The van der Waals surface area contributed by atoms with Gasteiger partial charge in [0.05, 0.1) is 50.7 Å². The molecule has 0 heterocycles. The van der Waals surface area contributed by atoms with Crippen LogP contribution in [0.1, 0.15) is 41.4 Å². The first kappa shape index (κ1) is 23.8. The van der Waals surface area contributed by atoms with Gasteiger partial charge in [-0.2, -0.15) is 0 Å². The molecule has 8 nitrogen and oxygen atoms in total. The summed E-state index contributed by atoms with van der Waals surface area (Å²) in [7, 11) is 5.06. The SMILES string of the molecule is COC(=O)c1c(C(=O)OC)c2ccc3ccc4c(C(=O)OC)c(C(=O)OC)c5ccc6ccc1c1c6c5c4c3c21. The largest absolute Gasteiger partial charge is 0.465 e. The van der Waals surface area contributed by atoms with E-state index in [4.69, 9.17) is 18.9 Å². The molecular formula is C32H20O8. The molecule has 0 bridgehead atoms. The van der Waals surface area contributed by atoms with Gasteiger partial charge in [-0.15, -0.1) is 0 Å². The maximum absolute atomic E-state index is 13.2. The molecule has 0 amide bonds. The van der Waals surface area contributed by atoms with Gasteiger partial charge in [0, 0.05) is 0 Å². The molecular weight excluding hydrogens is 512 g/mol. The van der Waals surface area contributed by atoms with Gasteiger partial charge in [-0.3, -0.25) is 0 Å². The van der Waals surface area contributed by atoms with Gasteiger partial charge in [0.2, 0.25) is 0 Å².